The third kappa shape index (κ3) is 2.69. The summed E-state index contributed by atoms with van der Waals surface area (Å²) in [6.45, 7) is 2.97. The van der Waals surface area contributed by atoms with Crippen molar-refractivity contribution < 1.29 is 4.79 Å². The Morgan fingerprint density at radius 2 is 2.33 bits per heavy atom. The van der Waals surface area contributed by atoms with Gasteiger partial charge in [0.05, 0.1) is 6.04 Å². The first kappa shape index (κ1) is 10.9. The lowest BCUT2D eigenvalue weighted by Gasteiger charge is -2.20. The number of likely N-dealkylation sites (tertiary alicyclic amines) is 1. The highest BCUT2D eigenvalue weighted by Gasteiger charge is 2.25. The maximum absolute atomic E-state index is 11.7. The molecule has 4 heteroatoms. The van der Waals surface area contributed by atoms with Crippen LogP contribution in [0.4, 0.5) is 0 Å². The number of carbonyl (C=O) groups excluding carboxylic acids is 1. The number of carbonyl (C=O) groups is 1. The Morgan fingerprint density at radius 1 is 1.47 bits per heavy atom. The largest absolute Gasteiger partial charge is 0.353 e. The van der Waals surface area contributed by atoms with E-state index < -0.39 is 0 Å². The third-order valence-corrected chi connectivity index (χ3v) is 3.56. The molecule has 2 saturated heterocycles. The van der Waals surface area contributed by atoms with Crippen LogP contribution >= 0.6 is 0 Å². The Morgan fingerprint density at radius 3 is 2.93 bits per heavy atom. The molecule has 2 rings (SSSR count). The Kier molecular flexibility index (Phi) is 3.59. The summed E-state index contributed by atoms with van der Waals surface area (Å²) in [5.41, 5.74) is 0. The lowest BCUT2D eigenvalue weighted by Crippen LogP contribution is -2.45. The summed E-state index contributed by atoms with van der Waals surface area (Å²) < 4.78 is 0. The summed E-state index contributed by atoms with van der Waals surface area (Å²) in [6.07, 6.45) is 4.60. The van der Waals surface area contributed by atoms with Crippen molar-refractivity contribution in [1.82, 2.24) is 15.5 Å². The first-order valence-corrected chi connectivity index (χ1v) is 5.98. The van der Waals surface area contributed by atoms with Gasteiger partial charge in [0.15, 0.2) is 0 Å². The van der Waals surface area contributed by atoms with Crippen LogP contribution in [0, 0.1) is 0 Å². The molecule has 0 aromatic heterocycles. The molecule has 0 bridgehead atoms. The van der Waals surface area contributed by atoms with Gasteiger partial charge in [-0.15, -0.1) is 0 Å². The van der Waals surface area contributed by atoms with E-state index in [1.54, 1.807) is 0 Å². The molecule has 2 aliphatic rings. The van der Waals surface area contributed by atoms with Crippen molar-refractivity contribution in [3.8, 4) is 0 Å². The van der Waals surface area contributed by atoms with E-state index in [2.05, 4.69) is 22.6 Å². The quantitative estimate of drug-likeness (QED) is 0.688. The molecule has 0 aromatic rings. The molecule has 15 heavy (non-hydrogen) atoms. The topological polar surface area (TPSA) is 44.4 Å². The third-order valence-electron chi connectivity index (χ3n) is 3.56. The Hall–Kier alpha value is -0.610. The molecule has 4 nitrogen and oxygen atoms in total. The fraction of sp³-hybridized carbons (Fsp3) is 0.909. The molecular formula is C11H21N3O. The molecule has 2 N–H and O–H groups in total. The molecule has 2 heterocycles. The molecule has 2 fully saturated rings. The summed E-state index contributed by atoms with van der Waals surface area (Å²) in [5.74, 6) is 0.188. The molecule has 0 aliphatic carbocycles. The fourth-order valence-corrected chi connectivity index (χ4v) is 2.49. The lowest BCUT2D eigenvalue weighted by molar-refractivity contribution is -0.122. The van der Waals surface area contributed by atoms with Crippen LogP contribution < -0.4 is 10.6 Å². The second kappa shape index (κ2) is 4.94. The molecule has 0 spiro atoms. The second-order valence-electron chi connectivity index (χ2n) is 4.67. The predicted molar refractivity (Wildman–Crippen MR) is 59.7 cm³/mol. The first-order valence-electron chi connectivity index (χ1n) is 5.98. The van der Waals surface area contributed by atoms with Gasteiger partial charge in [0, 0.05) is 12.6 Å². The van der Waals surface area contributed by atoms with Crippen molar-refractivity contribution in [2.45, 2.75) is 37.8 Å². The Labute approximate surface area is 91.4 Å². The smallest absolute Gasteiger partial charge is 0.237 e. The van der Waals surface area contributed by atoms with Gasteiger partial charge in [-0.3, -0.25) is 4.79 Å². The van der Waals surface area contributed by atoms with Gasteiger partial charge < -0.3 is 15.5 Å². The molecule has 2 aliphatic heterocycles. The number of nitrogens with one attached hydrogen (secondary N) is 2. The van der Waals surface area contributed by atoms with Gasteiger partial charge in [-0.25, -0.2) is 0 Å². The van der Waals surface area contributed by atoms with E-state index in [-0.39, 0.29) is 11.9 Å². The van der Waals surface area contributed by atoms with Crippen LogP contribution in [-0.4, -0.2) is 49.6 Å². The number of hydrogen-bond donors (Lipinski definition) is 2. The van der Waals surface area contributed by atoms with Gasteiger partial charge in [-0.2, -0.15) is 0 Å². The van der Waals surface area contributed by atoms with E-state index in [1.807, 2.05) is 0 Å². The van der Waals surface area contributed by atoms with E-state index in [0.717, 1.165) is 25.9 Å². The molecule has 1 unspecified atom stereocenters. The van der Waals surface area contributed by atoms with Crippen molar-refractivity contribution in [1.29, 1.82) is 0 Å². The maximum atomic E-state index is 11.7. The average Bonchev–Trinajstić information content (AvgIpc) is 2.85. The van der Waals surface area contributed by atoms with Gasteiger partial charge >= 0.3 is 0 Å². The van der Waals surface area contributed by atoms with Gasteiger partial charge in [0.25, 0.3) is 0 Å². The van der Waals surface area contributed by atoms with Crippen LogP contribution in [0.3, 0.4) is 0 Å². The van der Waals surface area contributed by atoms with Crippen LogP contribution in [0.5, 0.6) is 0 Å². The average molecular weight is 211 g/mol. The standard InChI is InChI=1S/C11H21N3O/c1-14-7-3-4-9(14)8-13-11(15)10-5-2-6-12-10/h9-10,12H,2-8H2,1H3,(H,13,15)/t9?,10-/m1/s1. The van der Waals surface area contributed by atoms with E-state index in [0.29, 0.717) is 6.04 Å². The monoisotopic (exact) mass is 211 g/mol. The zero-order valence-electron chi connectivity index (χ0n) is 9.46. The summed E-state index contributed by atoms with van der Waals surface area (Å²) >= 11 is 0. The van der Waals surface area contributed by atoms with Crippen molar-refractivity contribution in [3.05, 3.63) is 0 Å². The molecule has 0 saturated carbocycles. The second-order valence-corrected chi connectivity index (χ2v) is 4.67. The summed E-state index contributed by atoms with van der Waals surface area (Å²) in [6, 6.07) is 0.618. The number of nitrogens with zero attached hydrogens (tertiary/aromatic N) is 1. The van der Waals surface area contributed by atoms with Crippen molar-refractivity contribution in [2.75, 3.05) is 26.7 Å². The summed E-state index contributed by atoms with van der Waals surface area (Å²) in [5, 5.41) is 6.27. The number of likely N-dealkylation sites (N-methyl/N-ethyl adjacent to an activating group) is 1. The van der Waals surface area contributed by atoms with E-state index in [9.17, 15) is 4.79 Å². The highest BCUT2D eigenvalue weighted by atomic mass is 16.2. The SMILES string of the molecule is CN1CCCC1CNC(=O)[C@H]1CCCN1. The van der Waals surface area contributed by atoms with Crippen LogP contribution in [0.2, 0.25) is 0 Å². The number of hydrogen-bond acceptors (Lipinski definition) is 3. The van der Waals surface area contributed by atoms with Crippen molar-refractivity contribution >= 4 is 5.91 Å². The molecule has 1 amide bonds. The van der Waals surface area contributed by atoms with E-state index in [1.165, 1.54) is 19.4 Å². The highest BCUT2D eigenvalue weighted by Crippen LogP contribution is 2.13. The zero-order valence-corrected chi connectivity index (χ0v) is 9.46. The molecule has 0 aromatic carbocycles. The minimum Gasteiger partial charge on any atom is -0.353 e. The van der Waals surface area contributed by atoms with Crippen LogP contribution in [0.15, 0.2) is 0 Å². The van der Waals surface area contributed by atoms with Gasteiger partial charge in [-0.1, -0.05) is 0 Å². The minimum absolute atomic E-state index is 0.0664. The molecule has 86 valence electrons. The van der Waals surface area contributed by atoms with Crippen molar-refractivity contribution in [2.24, 2.45) is 0 Å². The Bertz CT molecular complexity index is 226. The first-order chi connectivity index (χ1) is 7.27. The van der Waals surface area contributed by atoms with Crippen LogP contribution in [0.1, 0.15) is 25.7 Å². The van der Waals surface area contributed by atoms with E-state index >= 15 is 0 Å². The van der Waals surface area contributed by atoms with Gasteiger partial charge in [0.1, 0.15) is 0 Å². The fourth-order valence-electron chi connectivity index (χ4n) is 2.49. The highest BCUT2D eigenvalue weighted by molar-refractivity contribution is 5.82. The van der Waals surface area contributed by atoms with Gasteiger partial charge in [0.2, 0.25) is 5.91 Å². The van der Waals surface area contributed by atoms with Crippen molar-refractivity contribution in [3.63, 3.8) is 0 Å². The summed E-state index contributed by atoms with van der Waals surface area (Å²) in [4.78, 5) is 14.1. The zero-order chi connectivity index (χ0) is 10.7. The number of amides is 1. The molecule has 2 atom stereocenters. The van der Waals surface area contributed by atoms with Crippen LogP contribution in [-0.2, 0) is 4.79 Å². The normalized spacial score (nSPS) is 32.1. The lowest BCUT2D eigenvalue weighted by atomic mass is 10.2. The van der Waals surface area contributed by atoms with Gasteiger partial charge in [-0.05, 0) is 45.8 Å². The van der Waals surface area contributed by atoms with Crippen LogP contribution in [0.25, 0.3) is 0 Å². The van der Waals surface area contributed by atoms with E-state index in [4.69, 9.17) is 0 Å². The minimum atomic E-state index is 0.0664. The maximum Gasteiger partial charge on any atom is 0.237 e. The predicted octanol–water partition coefficient (Wildman–Crippen LogP) is -0.0512. The number of rotatable bonds is 3. The Balaban J connectivity index is 1.70. The molecular weight excluding hydrogens is 190 g/mol. The molecule has 0 radical (unpaired) electrons. The summed E-state index contributed by atoms with van der Waals surface area (Å²) in [7, 11) is 2.14.